The van der Waals surface area contributed by atoms with Crippen molar-refractivity contribution in [3.05, 3.63) is 87.2 Å². The summed E-state index contributed by atoms with van der Waals surface area (Å²) in [6.45, 7) is 5.34. The first-order chi connectivity index (χ1) is 16.0. The third-order valence-corrected chi connectivity index (χ3v) is 6.28. The summed E-state index contributed by atoms with van der Waals surface area (Å²) in [4.78, 5) is 22.8. The van der Waals surface area contributed by atoms with Crippen molar-refractivity contribution in [3.8, 4) is 5.69 Å². The second kappa shape index (κ2) is 9.87. The Balaban J connectivity index is 1.76. The zero-order valence-electron chi connectivity index (χ0n) is 19.2. The Morgan fingerprint density at radius 1 is 1.15 bits per heavy atom. The van der Waals surface area contributed by atoms with Gasteiger partial charge in [0.2, 0.25) is 10.0 Å². The molecule has 0 unspecified atom stereocenters. The number of nitro groups is 1. The normalized spacial score (nSPS) is 11.5. The molecule has 11 heteroatoms. The number of aromatic nitrogens is 1. The Morgan fingerprint density at radius 3 is 2.50 bits per heavy atom. The summed E-state index contributed by atoms with van der Waals surface area (Å²) >= 11 is 0. The van der Waals surface area contributed by atoms with Gasteiger partial charge in [0, 0.05) is 34.8 Å². The van der Waals surface area contributed by atoms with Crippen LogP contribution in [0.3, 0.4) is 0 Å². The number of nitrogens with one attached hydrogen (secondary N) is 1. The summed E-state index contributed by atoms with van der Waals surface area (Å²) in [6.07, 6.45) is 2.41. The van der Waals surface area contributed by atoms with E-state index in [-0.39, 0.29) is 11.4 Å². The lowest BCUT2D eigenvalue weighted by atomic mass is 10.2. The van der Waals surface area contributed by atoms with Gasteiger partial charge in [-0.3, -0.25) is 19.2 Å². The number of nitro benzene ring substituents is 1. The molecule has 1 aromatic heterocycles. The Bertz CT molecular complexity index is 1380. The number of carbonyl (C=O) groups excluding carboxylic acids is 1. The maximum absolute atomic E-state index is 12.4. The van der Waals surface area contributed by atoms with E-state index in [0.29, 0.717) is 0 Å². The highest BCUT2D eigenvalue weighted by atomic mass is 32.2. The average molecular weight is 484 g/mol. The summed E-state index contributed by atoms with van der Waals surface area (Å²) in [5.41, 5.74) is 6.91. The van der Waals surface area contributed by atoms with E-state index in [1.165, 1.54) is 24.4 Å². The molecule has 0 saturated heterocycles. The molecule has 0 bridgehead atoms. The molecule has 0 aliphatic heterocycles. The van der Waals surface area contributed by atoms with E-state index in [2.05, 4.69) is 21.2 Å². The molecule has 10 nitrogen and oxygen atoms in total. The topological polar surface area (TPSA) is 127 Å². The number of hydrogen-bond acceptors (Lipinski definition) is 6. The molecule has 0 fully saturated rings. The first kappa shape index (κ1) is 24.6. The highest BCUT2D eigenvalue weighted by Crippen LogP contribution is 2.23. The minimum absolute atomic E-state index is 0.0116. The van der Waals surface area contributed by atoms with Crippen molar-refractivity contribution in [2.75, 3.05) is 17.1 Å². The van der Waals surface area contributed by atoms with E-state index in [4.69, 9.17) is 0 Å². The number of sulfonamides is 1. The minimum Gasteiger partial charge on any atom is -0.318 e. The predicted molar refractivity (Wildman–Crippen MR) is 131 cm³/mol. The van der Waals surface area contributed by atoms with Gasteiger partial charge in [0.15, 0.2) is 0 Å². The zero-order chi connectivity index (χ0) is 25.0. The molecular formula is C23H25N5O5S. The molecule has 1 heterocycles. The Kier molecular flexibility index (Phi) is 7.16. The molecule has 2 aromatic carbocycles. The molecule has 1 amide bonds. The van der Waals surface area contributed by atoms with Crippen LogP contribution in [0.15, 0.2) is 59.7 Å². The molecule has 178 valence electrons. The number of hydrogen-bond donors (Lipinski definition) is 1. The van der Waals surface area contributed by atoms with Crippen LogP contribution in [0.4, 0.5) is 11.4 Å². The fourth-order valence-corrected chi connectivity index (χ4v) is 4.43. The first-order valence-corrected chi connectivity index (χ1v) is 12.1. The van der Waals surface area contributed by atoms with Crippen LogP contribution in [0.25, 0.3) is 5.69 Å². The quantitative estimate of drug-likeness (QED) is 0.299. The van der Waals surface area contributed by atoms with Crippen LogP contribution >= 0.6 is 0 Å². The van der Waals surface area contributed by atoms with Gasteiger partial charge in [-0.25, -0.2) is 13.8 Å². The van der Waals surface area contributed by atoms with Gasteiger partial charge in [-0.15, -0.1) is 0 Å². The molecule has 3 aromatic rings. The molecule has 34 heavy (non-hydrogen) atoms. The van der Waals surface area contributed by atoms with Gasteiger partial charge < -0.3 is 4.57 Å². The molecule has 0 aliphatic carbocycles. The molecule has 1 N–H and O–H groups in total. The highest BCUT2D eigenvalue weighted by Gasteiger charge is 2.22. The van der Waals surface area contributed by atoms with Crippen LogP contribution in [0.2, 0.25) is 0 Å². The molecule has 0 atom stereocenters. The smallest absolute Gasteiger partial charge is 0.271 e. The van der Waals surface area contributed by atoms with Crippen LogP contribution in [0.1, 0.15) is 22.5 Å². The van der Waals surface area contributed by atoms with Crippen molar-refractivity contribution in [1.29, 1.82) is 0 Å². The number of amides is 1. The number of nitrogens with zero attached hydrogens (tertiary/aromatic N) is 4. The van der Waals surface area contributed by atoms with Gasteiger partial charge >= 0.3 is 0 Å². The van der Waals surface area contributed by atoms with E-state index in [9.17, 15) is 23.3 Å². The van der Waals surface area contributed by atoms with E-state index < -0.39 is 27.4 Å². The van der Waals surface area contributed by atoms with E-state index in [1.807, 2.05) is 45.0 Å². The van der Waals surface area contributed by atoms with Crippen molar-refractivity contribution >= 4 is 33.5 Å². The fraction of sp³-hybridized carbons (Fsp3) is 0.217. The third-order valence-electron chi connectivity index (χ3n) is 5.14. The fourth-order valence-electron chi connectivity index (χ4n) is 3.58. The minimum atomic E-state index is -3.88. The maximum Gasteiger partial charge on any atom is 0.271 e. The number of benzene rings is 2. The lowest BCUT2D eigenvalue weighted by Crippen LogP contribution is -2.39. The Morgan fingerprint density at radius 2 is 1.85 bits per heavy atom. The van der Waals surface area contributed by atoms with E-state index in [0.717, 1.165) is 44.8 Å². The number of aryl methyl sites for hydroxylation is 2. The average Bonchev–Trinajstić information content (AvgIpc) is 3.04. The molecule has 3 rings (SSSR count). The van der Waals surface area contributed by atoms with Crippen molar-refractivity contribution < 1.29 is 18.1 Å². The number of rotatable bonds is 8. The predicted octanol–water partition coefficient (Wildman–Crippen LogP) is 3.23. The van der Waals surface area contributed by atoms with Crippen LogP contribution in [0, 0.1) is 30.9 Å². The largest absolute Gasteiger partial charge is 0.318 e. The van der Waals surface area contributed by atoms with Crippen LogP contribution in [-0.2, 0) is 14.8 Å². The molecule has 0 radical (unpaired) electrons. The lowest BCUT2D eigenvalue weighted by molar-refractivity contribution is -0.384. The van der Waals surface area contributed by atoms with Gasteiger partial charge in [-0.1, -0.05) is 18.2 Å². The second-order valence-electron chi connectivity index (χ2n) is 7.84. The van der Waals surface area contributed by atoms with Crippen molar-refractivity contribution in [1.82, 2.24) is 9.99 Å². The van der Waals surface area contributed by atoms with Gasteiger partial charge in [-0.2, -0.15) is 5.10 Å². The van der Waals surface area contributed by atoms with Gasteiger partial charge in [-0.05, 0) is 50.6 Å². The molecule has 0 saturated carbocycles. The van der Waals surface area contributed by atoms with Crippen molar-refractivity contribution in [3.63, 3.8) is 0 Å². The van der Waals surface area contributed by atoms with E-state index >= 15 is 0 Å². The standard InChI is InChI=1S/C23H25N5O5S/c1-16-7-5-9-21(11-16)27-17(2)12-19(18(27)3)14-24-25-23(29)15-26(34(4,32)33)20-8-6-10-22(13-20)28(30)31/h5-14H,15H2,1-4H3,(H,25,29)/b24-14-. The van der Waals surface area contributed by atoms with Gasteiger partial charge in [0.1, 0.15) is 6.54 Å². The van der Waals surface area contributed by atoms with Crippen molar-refractivity contribution in [2.24, 2.45) is 5.10 Å². The Hall–Kier alpha value is -3.99. The molecular weight excluding hydrogens is 458 g/mol. The van der Waals surface area contributed by atoms with Gasteiger partial charge in [0.05, 0.1) is 23.1 Å². The van der Waals surface area contributed by atoms with Crippen LogP contribution < -0.4 is 9.73 Å². The number of anilines is 1. The highest BCUT2D eigenvalue weighted by molar-refractivity contribution is 7.92. The summed E-state index contributed by atoms with van der Waals surface area (Å²) < 4.78 is 27.3. The van der Waals surface area contributed by atoms with Crippen molar-refractivity contribution in [2.45, 2.75) is 20.8 Å². The number of carbonyl (C=O) groups is 1. The maximum atomic E-state index is 12.4. The third kappa shape index (κ3) is 5.67. The SMILES string of the molecule is Cc1cccc(-n2c(C)cc(/C=N\NC(=O)CN(c3cccc([N+](=O)[O-])c3)S(C)(=O)=O)c2C)c1. The van der Waals surface area contributed by atoms with Crippen LogP contribution in [0.5, 0.6) is 0 Å². The second-order valence-corrected chi connectivity index (χ2v) is 9.75. The summed E-state index contributed by atoms with van der Waals surface area (Å²) in [5.74, 6) is -0.694. The molecule has 0 aliphatic rings. The Labute approximate surface area is 197 Å². The summed E-state index contributed by atoms with van der Waals surface area (Å²) in [5, 5.41) is 15.0. The van der Waals surface area contributed by atoms with Gasteiger partial charge in [0.25, 0.3) is 11.6 Å². The monoisotopic (exact) mass is 483 g/mol. The first-order valence-electron chi connectivity index (χ1n) is 10.3. The van der Waals surface area contributed by atoms with E-state index in [1.54, 1.807) is 0 Å². The number of hydrazone groups is 1. The summed E-state index contributed by atoms with van der Waals surface area (Å²) in [7, 11) is -3.88. The summed E-state index contributed by atoms with van der Waals surface area (Å²) in [6, 6.07) is 15.1. The number of non-ortho nitro benzene ring substituents is 1. The molecule has 0 spiro atoms. The zero-order valence-corrected chi connectivity index (χ0v) is 20.0. The van der Waals surface area contributed by atoms with Crippen LogP contribution in [-0.4, -0.2) is 42.8 Å². The lowest BCUT2D eigenvalue weighted by Gasteiger charge is -2.21.